The molecule has 0 amide bonds. The summed E-state index contributed by atoms with van der Waals surface area (Å²) < 4.78 is 8.72. The number of hydrogen-bond acceptors (Lipinski definition) is 9. The third-order valence-corrected chi connectivity index (χ3v) is 6.99. The summed E-state index contributed by atoms with van der Waals surface area (Å²) in [6.07, 6.45) is 3.86. The Hall–Kier alpha value is -4.92. The molecule has 1 saturated heterocycles. The van der Waals surface area contributed by atoms with E-state index in [0.717, 1.165) is 47.7 Å². The van der Waals surface area contributed by atoms with Crippen molar-refractivity contribution in [2.45, 2.75) is 26.5 Å². The fraction of sp³-hybridized carbons (Fsp3) is 0.241. The molecule has 1 aliphatic rings. The van der Waals surface area contributed by atoms with Crippen molar-refractivity contribution in [1.82, 2.24) is 34.2 Å². The highest BCUT2D eigenvalue weighted by molar-refractivity contribution is 5.97. The van der Waals surface area contributed by atoms with Crippen LogP contribution in [-0.2, 0) is 11.3 Å². The molecule has 0 saturated carbocycles. The lowest BCUT2D eigenvalue weighted by Gasteiger charge is -2.37. The van der Waals surface area contributed by atoms with Crippen molar-refractivity contribution in [3.63, 3.8) is 0 Å². The van der Waals surface area contributed by atoms with Crippen LogP contribution in [0.3, 0.4) is 0 Å². The minimum absolute atomic E-state index is 0.142. The van der Waals surface area contributed by atoms with Crippen molar-refractivity contribution >= 4 is 28.2 Å². The van der Waals surface area contributed by atoms with Gasteiger partial charge in [0, 0.05) is 38.1 Å². The van der Waals surface area contributed by atoms with E-state index < -0.39 is 0 Å². The van der Waals surface area contributed by atoms with Gasteiger partial charge in [-0.2, -0.15) is 10.4 Å². The van der Waals surface area contributed by atoms with E-state index in [1.165, 1.54) is 11.6 Å². The maximum Gasteiger partial charge on any atom is 0.166 e. The van der Waals surface area contributed by atoms with Crippen molar-refractivity contribution in [3.05, 3.63) is 83.7 Å². The summed E-state index contributed by atoms with van der Waals surface area (Å²) >= 11 is 0. The number of aromatic nitrogens is 6. The van der Waals surface area contributed by atoms with Gasteiger partial charge in [0.05, 0.1) is 40.3 Å². The molecule has 0 unspecified atom stereocenters. The van der Waals surface area contributed by atoms with E-state index in [4.69, 9.17) is 9.72 Å². The minimum Gasteiger partial charge on any atom is -0.379 e. The number of fused-ring (bicyclic) bond motifs is 1. The van der Waals surface area contributed by atoms with Crippen molar-refractivity contribution in [1.29, 1.82) is 5.26 Å². The van der Waals surface area contributed by atoms with Crippen LogP contribution in [0.5, 0.6) is 0 Å². The predicted molar refractivity (Wildman–Crippen MR) is 149 cm³/mol. The molecule has 0 atom stereocenters. The summed E-state index contributed by atoms with van der Waals surface area (Å²) in [6, 6.07) is 17.2. The average Bonchev–Trinajstić information content (AvgIpc) is 3.53. The molecule has 1 fully saturated rings. The number of methoxy groups -OCH3 is 1. The van der Waals surface area contributed by atoms with E-state index in [0.29, 0.717) is 29.0 Å². The van der Waals surface area contributed by atoms with Gasteiger partial charge in [-0.15, -0.1) is 0 Å². The molecule has 11 heteroatoms. The Kier molecular flexibility index (Phi) is 6.55. The lowest BCUT2D eigenvalue weighted by molar-refractivity contribution is -0.0339. The van der Waals surface area contributed by atoms with Crippen molar-refractivity contribution < 1.29 is 9.53 Å². The number of nitriles is 1. The number of likely N-dealkylation sites (tertiary alicyclic amines) is 1. The van der Waals surface area contributed by atoms with Crippen molar-refractivity contribution in [2.24, 2.45) is 0 Å². The third kappa shape index (κ3) is 4.82. The van der Waals surface area contributed by atoms with Crippen LogP contribution in [-0.4, -0.2) is 66.3 Å². The van der Waals surface area contributed by atoms with E-state index in [-0.39, 0.29) is 11.5 Å². The Morgan fingerprint density at radius 3 is 2.65 bits per heavy atom. The number of imidazole rings is 1. The number of Topliss-reactive ketones (excluding diaryl/α,β-unsaturated/α-hetero) is 1. The maximum absolute atomic E-state index is 12.3. The molecule has 0 radical (unpaired) electrons. The maximum atomic E-state index is 12.3. The lowest BCUT2D eigenvalue weighted by atomic mass is 10.1. The van der Waals surface area contributed by atoms with Gasteiger partial charge in [-0.25, -0.2) is 14.6 Å². The van der Waals surface area contributed by atoms with E-state index in [9.17, 15) is 10.1 Å². The summed E-state index contributed by atoms with van der Waals surface area (Å²) in [5.41, 5.74) is 5.80. The molecule has 6 rings (SSSR count). The Bertz CT molecular complexity index is 1760. The van der Waals surface area contributed by atoms with E-state index in [2.05, 4.69) is 25.3 Å². The summed E-state index contributed by atoms with van der Waals surface area (Å²) in [4.78, 5) is 28.6. The van der Waals surface area contributed by atoms with E-state index >= 15 is 0 Å². The number of pyridine rings is 2. The molecule has 0 aliphatic carbocycles. The number of ether oxygens (including phenoxy) is 1. The Labute approximate surface area is 230 Å². The van der Waals surface area contributed by atoms with Crippen LogP contribution in [0.1, 0.15) is 34.4 Å². The largest absolute Gasteiger partial charge is 0.379 e. The highest BCUT2D eigenvalue weighted by Crippen LogP contribution is 2.25. The molecule has 0 bridgehead atoms. The number of aryl methyl sites for hydroxylation is 1. The first-order chi connectivity index (χ1) is 19.4. The molecule has 5 aromatic rings. The number of rotatable bonds is 8. The molecule has 1 aromatic carbocycles. The first-order valence-corrected chi connectivity index (χ1v) is 12.9. The zero-order valence-corrected chi connectivity index (χ0v) is 22.4. The quantitative estimate of drug-likeness (QED) is 0.295. The number of carbonyl (C=O) groups excluding carboxylic acids is 1. The smallest absolute Gasteiger partial charge is 0.166 e. The first kappa shape index (κ1) is 25.4. The van der Waals surface area contributed by atoms with E-state index in [1.807, 2.05) is 54.1 Å². The Balaban J connectivity index is 1.24. The topological polar surface area (TPSA) is 127 Å². The van der Waals surface area contributed by atoms with Crippen LogP contribution in [0.2, 0.25) is 0 Å². The Morgan fingerprint density at radius 2 is 1.95 bits per heavy atom. The molecular formula is C29H27N9O2. The van der Waals surface area contributed by atoms with Gasteiger partial charge in [0.25, 0.3) is 0 Å². The zero-order valence-electron chi connectivity index (χ0n) is 22.4. The average molecular weight is 534 g/mol. The fourth-order valence-corrected chi connectivity index (χ4v) is 4.81. The van der Waals surface area contributed by atoms with Crippen LogP contribution in [0.25, 0.3) is 22.7 Å². The highest BCUT2D eigenvalue weighted by Gasteiger charge is 2.26. The number of nitrogens with one attached hydrogen (secondary N) is 1. The molecule has 5 heterocycles. The van der Waals surface area contributed by atoms with Crippen molar-refractivity contribution in [3.8, 4) is 17.7 Å². The number of carbonyl (C=O) groups is 1. The molecule has 1 N–H and O–H groups in total. The molecule has 0 spiro atoms. The normalized spacial score (nSPS) is 13.8. The third-order valence-electron chi connectivity index (χ3n) is 6.99. The summed E-state index contributed by atoms with van der Waals surface area (Å²) in [7, 11) is 1.75. The van der Waals surface area contributed by atoms with Crippen LogP contribution in [0.15, 0.2) is 61.1 Å². The van der Waals surface area contributed by atoms with Gasteiger partial charge >= 0.3 is 0 Å². The van der Waals surface area contributed by atoms with Crippen LogP contribution < -0.4 is 5.32 Å². The summed E-state index contributed by atoms with van der Waals surface area (Å²) in [5.74, 6) is 0.805. The molecule has 1 aliphatic heterocycles. The van der Waals surface area contributed by atoms with Crippen molar-refractivity contribution in [2.75, 3.05) is 25.5 Å². The van der Waals surface area contributed by atoms with Gasteiger partial charge in [0.15, 0.2) is 17.3 Å². The second kappa shape index (κ2) is 10.3. The second-order valence-corrected chi connectivity index (χ2v) is 9.82. The fourth-order valence-electron chi connectivity index (χ4n) is 4.81. The zero-order chi connectivity index (χ0) is 27.8. The van der Waals surface area contributed by atoms with Gasteiger partial charge < -0.3 is 10.1 Å². The number of anilines is 2. The molecule has 40 heavy (non-hydrogen) atoms. The number of benzene rings is 1. The van der Waals surface area contributed by atoms with Crippen LogP contribution in [0.4, 0.5) is 11.4 Å². The molecule has 200 valence electrons. The molecule has 11 nitrogen and oxygen atoms in total. The Morgan fingerprint density at radius 1 is 1.12 bits per heavy atom. The van der Waals surface area contributed by atoms with Gasteiger partial charge in [-0.1, -0.05) is 0 Å². The van der Waals surface area contributed by atoms with Gasteiger partial charge in [-0.3, -0.25) is 19.2 Å². The van der Waals surface area contributed by atoms with E-state index in [1.54, 1.807) is 31.6 Å². The minimum atomic E-state index is -0.142. The van der Waals surface area contributed by atoms with Gasteiger partial charge in [0.2, 0.25) is 0 Å². The lowest BCUT2D eigenvalue weighted by Crippen LogP contribution is -2.51. The molecular weight excluding hydrogens is 506 g/mol. The summed E-state index contributed by atoms with van der Waals surface area (Å²) in [5, 5.41) is 17.0. The number of hydrogen-bond donors (Lipinski definition) is 1. The van der Waals surface area contributed by atoms with Gasteiger partial charge in [-0.05, 0) is 62.4 Å². The number of nitrogens with zero attached hydrogens (tertiary/aromatic N) is 8. The SMILES string of the molecule is COC1CN(Cc2ccc(Nc3ccc4c(c3)ncn4-c3ccc(C(C)=O)c(-n4nc(C#N)cc4C)n3)cn2)C1. The predicted octanol–water partition coefficient (Wildman–Crippen LogP) is 3.96. The van der Waals surface area contributed by atoms with Gasteiger partial charge in [0.1, 0.15) is 18.2 Å². The second-order valence-electron chi connectivity index (χ2n) is 9.82. The summed E-state index contributed by atoms with van der Waals surface area (Å²) in [6.45, 7) is 5.99. The number of ketones is 1. The van der Waals surface area contributed by atoms with Crippen LogP contribution >= 0.6 is 0 Å². The first-order valence-electron chi connectivity index (χ1n) is 12.9. The molecule has 4 aromatic heterocycles. The standard InChI is InChI=1S/C29H27N9O2/c1-18-10-23(12-30)35-38(18)29-25(19(2)39)7-9-28(34-29)37-17-32-26-11-20(6-8-27(26)37)33-21-4-5-22(31-13-21)14-36-15-24(16-36)40-3/h4-11,13,17,24,33H,14-16H2,1-3H3. The monoisotopic (exact) mass is 533 g/mol. The highest BCUT2D eigenvalue weighted by atomic mass is 16.5. The van der Waals surface area contributed by atoms with Crippen LogP contribution in [0, 0.1) is 18.3 Å².